The molecule has 2 unspecified atom stereocenters. The molecule has 0 spiro atoms. The fraction of sp³-hybridized carbons (Fsp3) is 0.629. The van der Waals surface area contributed by atoms with Gasteiger partial charge in [-0.3, -0.25) is 4.90 Å². The molecule has 43 heavy (non-hydrogen) atoms. The van der Waals surface area contributed by atoms with E-state index < -0.39 is 0 Å². The van der Waals surface area contributed by atoms with Crippen molar-refractivity contribution < 1.29 is 4.79 Å². The molecule has 8 heteroatoms. The summed E-state index contributed by atoms with van der Waals surface area (Å²) in [7, 11) is -0.00318. The van der Waals surface area contributed by atoms with Crippen LogP contribution in [-0.2, 0) is 19.2 Å². The lowest BCUT2D eigenvalue weighted by Crippen LogP contribution is -2.55. The first-order chi connectivity index (χ1) is 21.0. The molecule has 2 amide bonds. The number of benzene rings is 1. The predicted molar refractivity (Wildman–Crippen MR) is 185 cm³/mol. The van der Waals surface area contributed by atoms with Gasteiger partial charge >= 0.3 is 6.03 Å². The van der Waals surface area contributed by atoms with Crippen molar-refractivity contribution in [2.45, 2.75) is 110 Å². The van der Waals surface area contributed by atoms with Crippen LogP contribution in [0.1, 0.15) is 107 Å². The number of rotatable bonds is 15. The van der Waals surface area contributed by atoms with Crippen molar-refractivity contribution in [3.05, 3.63) is 51.4 Å². The van der Waals surface area contributed by atoms with Gasteiger partial charge in [-0.1, -0.05) is 108 Å². The molecular weight excluding hydrogens is 574 g/mol. The molecule has 1 aromatic heterocycles. The van der Waals surface area contributed by atoms with E-state index in [1.54, 1.807) is 0 Å². The van der Waals surface area contributed by atoms with Crippen LogP contribution in [0.25, 0.3) is 6.08 Å². The van der Waals surface area contributed by atoms with Crippen molar-refractivity contribution in [1.29, 1.82) is 0 Å². The number of unbranched alkanes of at least 4 members (excludes halogenated alkanes) is 10. The number of para-hydroxylation sites is 1. The van der Waals surface area contributed by atoms with Crippen LogP contribution in [0.2, 0.25) is 5.02 Å². The number of carbonyl (C=O) groups excluding carboxylic acids is 1. The highest BCUT2D eigenvalue weighted by atomic mass is 35.5. The highest BCUT2D eigenvalue weighted by Crippen LogP contribution is 2.50. The Labute approximate surface area is 268 Å². The quantitative estimate of drug-likeness (QED) is 0.158. The number of urea groups is 1. The summed E-state index contributed by atoms with van der Waals surface area (Å²) in [6.45, 7) is 8.40. The van der Waals surface area contributed by atoms with Crippen LogP contribution in [0.3, 0.4) is 0 Å². The number of thiophene rings is 1. The molecule has 0 bridgehead atoms. The Hall–Kier alpha value is -2.22. The topological polar surface area (TPSA) is 42.1 Å². The van der Waals surface area contributed by atoms with Gasteiger partial charge in [-0.25, -0.2) is 15.2 Å². The molecule has 1 N–H and O–H groups in total. The molecule has 6 nitrogen and oxygen atoms in total. The maximum Gasteiger partial charge on any atom is 0.336 e. The molecule has 3 heterocycles. The monoisotopic (exact) mass is 626 g/mol. The van der Waals surface area contributed by atoms with Crippen molar-refractivity contribution in [2.24, 2.45) is 6.26 Å². The summed E-state index contributed by atoms with van der Waals surface area (Å²) >= 11 is 6.79. The van der Waals surface area contributed by atoms with Crippen LogP contribution < -0.4 is 15.2 Å². The summed E-state index contributed by atoms with van der Waals surface area (Å²) in [5.74, 6) is 0. The van der Waals surface area contributed by atoms with Crippen LogP contribution >= 0.6 is 22.1 Å². The molecule has 5 rings (SSSR count). The van der Waals surface area contributed by atoms with Gasteiger partial charge in [-0.15, -0.1) is 0 Å². The lowest BCUT2D eigenvalue weighted by molar-refractivity contribution is 0.127. The number of carbonyl (C=O) groups is 1. The Kier molecular flexibility index (Phi) is 11.7. The summed E-state index contributed by atoms with van der Waals surface area (Å²) in [6, 6.07) is 8.30. The van der Waals surface area contributed by atoms with Crippen molar-refractivity contribution in [2.75, 3.05) is 36.1 Å². The first-order valence-corrected chi connectivity index (χ1v) is 18.9. The standard InChI is InChI=1S/C35H53ClN5OS/c1-4-6-8-10-12-16-23-38(24-17-13-11-9-7-5-2)35(42)41-33-26-39(31-21-15-14-20-30(31)36)25-29-28-19-18-22-32(28)43(3)34(29)40(33)27-37-41/h14-15,18,20-22,33,37H,4-13,16-17,19,23-27H2,1-3H3/q+1. The molecule has 2 atom stereocenters. The summed E-state index contributed by atoms with van der Waals surface area (Å²) in [5, 5.41) is 4.14. The average Bonchev–Trinajstić information content (AvgIpc) is 3.69. The third kappa shape index (κ3) is 7.37. The van der Waals surface area contributed by atoms with Crippen LogP contribution in [-0.4, -0.2) is 48.4 Å². The average molecular weight is 627 g/mol. The molecule has 2 aliphatic heterocycles. The Morgan fingerprint density at radius 3 is 2.28 bits per heavy atom. The molecule has 1 aromatic carbocycles. The maximum absolute atomic E-state index is 14.4. The minimum absolute atomic E-state index is 0.00318. The second-order valence-electron chi connectivity index (χ2n) is 12.5. The third-order valence-corrected chi connectivity index (χ3v) is 11.8. The minimum Gasteiger partial charge on any atom is -0.362 e. The van der Waals surface area contributed by atoms with Crippen molar-refractivity contribution >= 4 is 44.9 Å². The minimum atomic E-state index is -0.0909. The lowest BCUT2D eigenvalue weighted by Gasteiger charge is -2.35. The van der Waals surface area contributed by atoms with E-state index in [0.29, 0.717) is 13.2 Å². The summed E-state index contributed by atoms with van der Waals surface area (Å²) in [4.78, 5) is 22.9. The van der Waals surface area contributed by atoms with Gasteiger partial charge in [0.1, 0.15) is 12.4 Å². The Morgan fingerprint density at radius 2 is 1.60 bits per heavy atom. The first-order valence-electron chi connectivity index (χ1n) is 16.9. The number of nitrogens with one attached hydrogen (secondary N) is 1. The van der Waals surface area contributed by atoms with Gasteiger partial charge in [0.25, 0.3) is 5.00 Å². The number of anilines is 2. The van der Waals surface area contributed by atoms with Gasteiger partial charge in [0.05, 0.1) is 36.0 Å². The fourth-order valence-corrected chi connectivity index (χ4v) is 9.46. The number of hydrogen-bond donors (Lipinski definition) is 1. The molecule has 0 radical (unpaired) electrons. The van der Waals surface area contributed by atoms with Gasteiger partial charge in [0.15, 0.2) is 4.88 Å². The summed E-state index contributed by atoms with van der Waals surface area (Å²) in [5.41, 5.74) is 7.53. The molecule has 236 valence electrons. The van der Waals surface area contributed by atoms with Crippen LogP contribution in [0.15, 0.2) is 30.3 Å². The smallest absolute Gasteiger partial charge is 0.336 e. The van der Waals surface area contributed by atoms with Gasteiger partial charge in [0.2, 0.25) is 0 Å². The number of allylic oxidation sites excluding steroid dienone is 1. The number of nitrogens with zero attached hydrogens (tertiary/aromatic N) is 4. The van der Waals surface area contributed by atoms with E-state index in [1.165, 1.54) is 85.2 Å². The second kappa shape index (κ2) is 15.7. The third-order valence-electron chi connectivity index (χ3n) is 9.43. The zero-order chi connectivity index (χ0) is 30.2. The van der Waals surface area contributed by atoms with Gasteiger partial charge in [0, 0.05) is 29.1 Å². The van der Waals surface area contributed by atoms with Crippen LogP contribution in [0, 0.1) is 0 Å². The maximum atomic E-state index is 14.4. The van der Waals surface area contributed by atoms with Crippen molar-refractivity contribution in [1.82, 2.24) is 15.3 Å². The summed E-state index contributed by atoms with van der Waals surface area (Å²) < 4.78 is 0. The number of halogens is 1. The molecule has 2 aromatic rings. The van der Waals surface area contributed by atoms with Gasteiger partial charge < -0.3 is 9.80 Å². The van der Waals surface area contributed by atoms with E-state index in [-0.39, 0.29) is 22.7 Å². The van der Waals surface area contributed by atoms with E-state index in [1.807, 2.05) is 17.1 Å². The predicted octanol–water partition coefficient (Wildman–Crippen LogP) is 9.27. The Balaban J connectivity index is 1.37. The van der Waals surface area contributed by atoms with Gasteiger partial charge in [-0.05, 0) is 37.5 Å². The highest BCUT2D eigenvalue weighted by Gasteiger charge is 2.47. The van der Waals surface area contributed by atoms with Gasteiger partial charge in [-0.2, -0.15) is 0 Å². The zero-order valence-electron chi connectivity index (χ0n) is 26.8. The van der Waals surface area contributed by atoms with E-state index in [0.717, 1.165) is 49.6 Å². The molecule has 0 saturated carbocycles. The van der Waals surface area contributed by atoms with E-state index in [2.05, 4.69) is 64.5 Å². The largest absolute Gasteiger partial charge is 0.362 e. The molecule has 1 fully saturated rings. The summed E-state index contributed by atoms with van der Waals surface area (Å²) in [6.07, 6.45) is 22.7. The second-order valence-corrected chi connectivity index (χ2v) is 14.8. The van der Waals surface area contributed by atoms with E-state index in [9.17, 15) is 4.79 Å². The normalized spacial score (nSPS) is 17.7. The van der Waals surface area contributed by atoms with E-state index in [4.69, 9.17) is 11.6 Å². The van der Waals surface area contributed by atoms with Crippen molar-refractivity contribution in [3.63, 3.8) is 0 Å². The lowest BCUT2D eigenvalue weighted by atomic mass is 10.1. The number of amides is 2. The molecule has 1 aliphatic carbocycles. The zero-order valence-corrected chi connectivity index (χ0v) is 28.3. The number of fused-ring (bicyclic) bond motifs is 5. The molecular formula is C35H53ClN5OS+. The Bertz CT molecular complexity index is 1230. The van der Waals surface area contributed by atoms with Crippen molar-refractivity contribution in [3.8, 4) is 0 Å². The SMILES string of the molecule is CCCCCCCCN(CCCCCCCC)C(=O)N1NCN2c3c(c4c([s+]3C)C=CC4)CN(c3ccccc3Cl)CC12. The highest BCUT2D eigenvalue weighted by molar-refractivity contribution is 7.34. The number of hydrogen-bond acceptors (Lipinski definition) is 4. The van der Waals surface area contributed by atoms with E-state index >= 15 is 0 Å². The fourth-order valence-electron chi connectivity index (χ4n) is 7.02. The van der Waals surface area contributed by atoms with Crippen LogP contribution in [0.4, 0.5) is 15.5 Å². The molecule has 1 saturated heterocycles. The molecule has 3 aliphatic rings. The number of hydrazine groups is 1. The first kappa shape index (κ1) is 32.2. The van der Waals surface area contributed by atoms with Crippen LogP contribution in [0.5, 0.6) is 0 Å². The Morgan fingerprint density at radius 1 is 0.953 bits per heavy atom.